The van der Waals surface area contributed by atoms with Gasteiger partial charge in [-0.2, -0.15) is 20.9 Å². The number of nitrogens with zero attached hydrogens (tertiary/aromatic N) is 13. The van der Waals surface area contributed by atoms with Crippen LogP contribution < -0.4 is 31.9 Å². The van der Waals surface area contributed by atoms with Crippen molar-refractivity contribution in [3.63, 3.8) is 0 Å². The van der Waals surface area contributed by atoms with Gasteiger partial charge in [0.05, 0.1) is 84.5 Å². The maximum atomic E-state index is 13.3. The van der Waals surface area contributed by atoms with Crippen LogP contribution in [0.15, 0.2) is 134 Å². The Bertz CT molecular complexity index is 5750. The summed E-state index contributed by atoms with van der Waals surface area (Å²) in [5.74, 6) is -4.85. The van der Waals surface area contributed by atoms with Gasteiger partial charge in [0, 0.05) is 100.0 Å². The molecule has 5 aliphatic rings. The minimum Gasteiger partial charge on any atom is -0.480 e. The molecule has 9 heterocycles. The second-order valence-electron chi connectivity index (χ2n) is 30.7. The molecule has 0 spiro atoms. The van der Waals surface area contributed by atoms with E-state index in [0.717, 1.165) is 35.6 Å². The Kier molecular flexibility index (Phi) is 30.2. The number of aromatic nitrogens is 2. The monoisotopic (exact) mass is 1820 g/mol. The SMILES string of the molecule is CC[C@@H](C)CC(=NC[C@H](NC(=O)c1c(Cl)cc2c(c1Cl)CCN(C(=O)c1ccc3ccoc3c1)C2)C(=O)O)NC#N.C[C@H]1CCN(C(=NC[C@H](NC(=O)c2c(Cl)cc3c(c2Cl)CCN(C(=O)c2cc4ccccn4n2)C3)C(=O)O)NC#N)C1.C[C@H]1CCN(C(=NC[C@H](NC(=O)c2c(Cl)cc3c(c2Cl)CCN(C(=O)c2ccc4ccoc4c2)C3)C(=O)O)NC#N)C1. The van der Waals surface area contributed by atoms with Gasteiger partial charge < -0.3 is 64.6 Å². The molecule has 33 nitrogen and oxygen atoms in total. The van der Waals surface area contributed by atoms with E-state index >= 15 is 0 Å². The molecular formula is C86H85Cl6N19O14. The van der Waals surface area contributed by atoms with Crippen LogP contribution in [0.4, 0.5) is 0 Å². The number of likely N-dealkylation sites (tertiary alicyclic amines) is 2. The number of carboxylic acids is 3. The number of nitriles is 3. The molecule has 0 aliphatic carbocycles. The van der Waals surface area contributed by atoms with Crippen molar-refractivity contribution < 1.29 is 67.3 Å². The number of nitrogens with one attached hydrogen (secondary N) is 6. The molecule has 14 rings (SSSR count). The van der Waals surface area contributed by atoms with Crippen molar-refractivity contribution in [2.75, 3.05) is 65.4 Å². The molecule has 0 bridgehead atoms. The normalized spacial score (nSPS) is 16.5. The van der Waals surface area contributed by atoms with E-state index in [0.29, 0.717) is 151 Å². The Hall–Kier alpha value is -12.7. The molecule has 39 heteroatoms. The fourth-order valence-electron chi connectivity index (χ4n) is 15.1. The smallest absolute Gasteiger partial charge is 0.328 e. The summed E-state index contributed by atoms with van der Waals surface area (Å²) in [4.78, 5) is 137. The first kappa shape index (κ1) is 91.5. The highest BCUT2D eigenvalue weighted by Crippen LogP contribution is 2.39. The summed E-state index contributed by atoms with van der Waals surface area (Å²) in [5.41, 5.74) is 7.30. The van der Waals surface area contributed by atoms with E-state index in [4.69, 9.17) is 94.2 Å². The van der Waals surface area contributed by atoms with Gasteiger partial charge in [-0.15, -0.1) is 0 Å². The van der Waals surface area contributed by atoms with E-state index < -0.39 is 53.8 Å². The topological polar surface area (TPSA) is 455 Å². The number of carbonyl (C=O) groups excluding carboxylic acids is 6. The Morgan fingerprint density at radius 2 is 0.912 bits per heavy atom. The average molecular weight is 1820 g/mol. The van der Waals surface area contributed by atoms with Crippen LogP contribution in [0.3, 0.4) is 0 Å². The first-order valence-corrected chi connectivity index (χ1v) is 42.2. The van der Waals surface area contributed by atoms with Crippen molar-refractivity contribution in [1.29, 1.82) is 15.8 Å². The van der Waals surface area contributed by atoms with Gasteiger partial charge in [0.25, 0.3) is 35.4 Å². The molecule has 0 radical (unpaired) electrons. The Morgan fingerprint density at radius 3 is 1.28 bits per heavy atom. The van der Waals surface area contributed by atoms with Crippen LogP contribution in [0, 0.1) is 52.1 Å². The zero-order chi connectivity index (χ0) is 89.6. The lowest BCUT2D eigenvalue weighted by Gasteiger charge is -2.30. The number of carboxylic acid groups (broad SMARTS) is 3. The van der Waals surface area contributed by atoms with Gasteiger partial charge in [0.1, 0.15) is 35.1 Å². The number of fused-ring (bicyclic) bond motifs is 6. The zero-order valence-corrected chi connectivity index (χ0v) is 72.4. The predicted octanol–water partition coefficient (Wildman–Crippen LogP) is 11.7. The minimum atomic E-state index is -1.39. The third-order valence-corrected chi connectivity index (χ3v) is 24.2. The van der Waals surface area contributed by atoms with E-state index in [1.807, 2.05) is 78.5 Å². The molecule has 9 N–H and O–H groups in total. The van der Waals surface area contributed by atoms with Gasteiger partial charge in [-0.05, 0) is 156 Å². The lowest BCUT2D eigenvalue weighted by Crippen LogP contribution is -2.45. The standard InChI is InChI=1S/C29H28Cl2N6O5.C29H29Cl2N5O5.C28H28Cl2N8O4/c1-16-4-7-37(13-16)29(34-15-32)33-12-22(28(40)41)35-26(38)24-21(30)10-19-14-36(8-5-20(19)25(24)31)27(39)18-3-2-17-6-9-42-23(17)11-18;1-3-16(2)10-24(34-15-32)33-13-22(29(39)40)35-27(37)25-21(30)11-19-14-36(8-6-20(19)26(25)31)28(38)18-5-4-17-7-9-41-23(17)12-18;1-16-5-8-37(13-16)28(33-15-31)32-12-22(27(41)42)34-25(39)23-20(29)10-17-14-36(9-6-19(17)24(23)30)26(40)21-11-18-4-2-3-7-38(18)35-21/h2-3,6,9-11,16,22H,4-5,7-8,12-14H2,1H3,(H,33,34)(H,35,38)(H,40,41);4-5,7,9,11-12,16,22H,3,6,8,10,13-14H2,1-2H3,(H,33,34)(H,35,37)(H,39,40);2-4,7,10-11,16,22H,5-6,8-9,12-14H2,1H3,(H,32,33)(H,34,39)(H,41,42)/t16-,22-;16-,22+;16-,22-/m010/s1. The van der Waals surface area contributed by atoms with E-state index in [-0.39, 0.29) is 122 Å². The highest BCUT2D eigenvalue weighted by molar-refractivity contribution is 6.42. The largest absolute Gasteiger partial charge is 0.480 e. The third-order valence-electron chi connectivity index (χ3n) is 22.1. The molecule has 5 aromatic carbocycles. The van der Waals surface area contributed by atoms with Crippen LogP contribution in [-0.4, -0.2) is 204 Å². The van der Waals surface area contributed by atoms with Crippen LogP contribution in [-0.2, 0) is 53.3 Å². The molecule has 125 heavy (non-hydrogen) atoms. The number of rotatable bonds is 21. The number of aliphatic carboxylic acids is 3. The van der Waals surface area contributed by atoms with E-state index in [9.17, 15) is 58.5 Å². The molecule has 4 aromatic heterocycles. The fraction of sp³-hybridized carbons (Fsp3) is 0.349. The van der Waals surface area contributed by atoms with Gasteiger partial charge >= 0.3 is 17.9 Å². The Labute approximate surface area is 746 Å². The first-order valence-electron chi connectivity index (χ1n) is 39.9. The number of furan rings is 2. The van der Waals surface area contributed by atoms with Crippen molar-refractivity contribution in [3.05, 3.63) is 207 Å². The summed E-state index contributed by atoms with van der Waals surface area (Å²) >= 11 is 39.5. The number of amides is 6. The summed E-state index contributed by atoms with van der Waals surface area (Å²) in [6, 6.07) is 22.1. The number of hydrogen-bond acceptors (Lipinski definition) is 18. The summed E-state index contributed by atoms with van der Waals surface area (Å²) < 4.78 is 12.5. The molecule has 9 aromatic rings. The van der Waals surface area contributed by atoms with Crippen molar-refractivity contribution >= 4 is 168 Å². The molecule has 6 amide bonds. The van der Waals surface area contributed by atoms with Crippen molar-refractivity contribution in [2.45, 2.75) is 110 Å². The summed E-state index contributed by atoms with van der Waals surface area (Å²) in [6.45, 7) is 11.7. The van der Waals surface area contributed by atoms with Gasteiger partial charge in [-0.25, -0.2) is 28.9 Å². The third kappa shape index (κ3) is 21.7. The summed E-state index contributed by atoms with van der Waals surface area (Å²) in [7, 11) is 0. The number of carbonyl (C=O) groups is 9. The predicted molar refractivity (Wildman–Crippen MR) is 467 cm³/mol. The number of guanidine groups is 2. The second-order valence-corrected chi connectivity index (χ2v) is 33.1. The number of halogens is 6. The molecule has 0 saturated carbocycles. The van der Waals surface area contributed by atoms with Crippen molar-refractivity contribution in [3.8, 4) is 18.6 Å². The van der Waals surface area contributed by atoms with Gasteiger partial charge in [0.2, 0.25) is 11.9 Å². The van der Waals surface area contributed by atoms with Crippen LogP contribution in [0.1, 0.15) is 149 Å². The minimum absolute atomic E-state index is 0.0313. The lowest BCUT2D eigenvalue weighted by molar-refractivity contribution is -0.139. The highest BCUT2D eigenvalue weighted by Gasteiger charge is 2.36. The molecule has 0 unspecified atom stereocenters. The number of pyridine rings is 1. The molecule has 2 saturated heterocycles. The molecule has 5 aliphatic heterocycles. The lowest BCUT2D eigenvalue weighted by atomic mass is 9.96. The highest BCUT2D eigenvalue weighted by atomic mass is 35.5. The molecule has 2 fully saturated rings. The van der Waals surface area contributed by atoms with Crippen LogP contribution >= 0.6 is 69.6 Å². The summed E-state index contributed by atoms with van der Waals surface area (Å²) in [6.07, 6.45) is 14.7. The Balaban J connectivity index is 0.000000171. The molecular weight excluding hydrogens is 1740 g/mol. The van der Waals surface area contributed by atoms with Crippen LogP contribution in [0.25, 0.3) is 27.5 Å². The number of benzene rings is 5. The molecule has 6 atom stereocenters. The maximum Gasteiger partial charge on any atom is 0.328 e. The zero-order valence-electron chi connectivity index (χ0n) is 67.9. The van der Waals surface area contributed by atoms with Gasteiger partial charge in [-0.3, -0.25) is 49.7 Å². The number of hydrogen-bond donors (Lipinski definition) is 9. The number of aliphatic imine (C=N–C) groups is 3. The van der Waals surface area contributed by atoms with Crippen LogP contribution in [0.2, 0.25) is 30.1 Å². The van der Waals surface area contributed by atoms with E-state index in [1.165, 1.54) is 0 Å². The fourth-order valence-corrected chi connectivity index (χ4v) is 17.4. The average Bonchev–Trinajstić information content (AvgIpc) is 1.50. The first-order chi connectivity index (χ1) is 59.9. The summed E-state index contributed by atoms with van der Waals surface area (Å²) in [5, 5.41) is 78.0. The van der Waals surface area contributed by atoms with Crippen molar-refractivity contribution in [1.82, 2.24) is 66.0 Å². The van der Waals surface area contributed by atoms with Gasteiger partial charge in [0.15, 0.2) is 24.3 Å². The quantitative estimate of drug-likeness (QED) is 0.0140. The number of amidine groups is 1. The van der Waals surface area contributed by atoms with E-state index in [1.54, 1.807) is 92.7 Å². The van der Waals surface area contributed by atoms with E-state index in [2.05, 4.69) is 65.8 Å². The van der Waals surface area contributed by atoms with Gasteiger partial charge in [-0.1, -0.05) is 122 Å². The Morgan fingerprint density at radius 1 is 0.512 bits per heavy atom. The maximum absolute atomic E-state index is 13.3. The second kappa shape index (κ2) is 41.2. The van der Waals surface area contributed by atoms with Crippen molar-refractivity contribution in [2.24, 2.45) is 32.7 Å². The van der Waals surface area contributed by atoms with Crippen LogP contribution in [0.5, 0.6) is 0 Å². The molecule has 650 valence electrons.